The Balaban J connectivity index is 1.79. The van der Waals surface area contributed by atoms with Crippen LogP contribution in [0.3, 0.4) is 0 Å². The smallest absolute Gasteiger partial charge is 0.319 e. The van der Waals surface area contributed by atoms with Gasteiger partial charge in [-0.1, -0.05) is 54.9 Å². The second-order valence-corrected chi connectivity index (χ2v) is 7.19. The molecule has 2 atom stereocenters. The number of hydrogen-bond donors (Lipinski definition) is 2. The number of rotatable bonds is 6. The molecule has 2 N–H and O–H groups in total. The molecule has 142 valence electrons. The number of amides is 3. The molecule has 0 aliphatic carbocycles. The molecule has 0 radical (unpaired) electrons. The van der Waals surface area contributed by atoms with E-state index in [0.29, 0.717) is 17.0 Å². The highest BCUT2D eigenvalue weighted by atomic mass is 35.5. The Morgan fingerprint density at radius 3 is 2.48 bits per heavy atom. The molecule has 1 heterocycles. The first-order chi connectivity index (χ1) is 12.9. The van der Waals surface area contributed by atoms with Crippen molar-refractivity contribution in [2.24, 2.45) is 0 Å². The van der Waals surface area contributed by atoms with Crippen LogP contribution in [0, 0.1) is 5.82 Å². The van der Waals surface area contributed by atoms with Crippen LogP contribution in [0.2, 0.25) is 5.02 Å². The third-order valence-electron chi connectivity index (χ3n) is 4.94. The lowest BCUT2D eigenvalue weighted by molar-refractivity contribution is -0.901. The molecule has 1 saturated heterocycles. The van der Waals surface area contributed by atoms with Crippen molar-refractivity contribution in [1.82, 2.24) is 10.2 Å². The number of halogens is 2. The lowest BCUT2D eigenvalue weighted by Crippen LogP contribution is -3.09. The Bertz CT molecular complexity index is 841. The third kappa shape index (κ3) is 3.55. The molecule has 0 spiro atoms. The van der Waals surface area contributed by atoms with E-state index in [9.17, 15) is 14.0 Å². The second-order valence-electron chi connectivity index (χ2n) is 6.78. The minimum Gasteiger partial charge on any atom is -0.319 e. The fourth-order valence-corrected chi connectivity index (χ4v) is 3.69. The van der Waals surface area contributed by atoms with Crippen LogP contribution in [0.15, 0.2) is 48.5 Å². The standard InChI is InChI=1S/C20H21ClFN3O2/c1-3-20(14-8-5-4-6-9-14)18(26)25(19(27)23-20)13-24(2)12-15-16(21)10-7-11-17(15)22/h4-11H,3,12-13H2,1-2H3,(H,23,27)/p+1/t20-/m1/s1. The fraction of sp³-hybridized carbons (Fsp3) is 0.300. The van der Waals surface area contributed by atoms with Gasteiger partial charge in [0.25, 0.3) is 5.91 Å². The average Bonchev–Trinajstić information content (AvgIpc) is 2.90. The van der Waals surface area contributed by atoms with Crippen LogP contribution in [0.1, 0.15) is 24.5 Å². The SMILES string of the molecule is CC[C@]1(c2ccccc2)NC(=O)N(C[NH+](C)Cc2c(F)cccc2Cl)C1=O. The summed E-state index contributed by atoms with van der Waals surface area (Å²) >= 11 is 6.08. The molecule has 1 fully saturated rings. The Hall–Kier alpha value is -2.44. The van der Waals surface area contributed by atoms with Crippen molar-refractivity contribution in [3.05, 3.63) is 70.5 Å². The predicted octanol–water partition coefficient (Wildman–Crippen LogP) is 2.31. The van der Waals surface area contributed by atoms with Gasteiger partial charge in [-0.15, -0.1) is 0 Å². The van der Waals surface area contributed by atoms with Crippen LogP contribution in [-0.4, -0.2) is 30.6 Å². The van der Waals surface area contributed by atoms with E-state index in [-0.39, 0.29) is 19.1 Å². The largest absolute Gasteiger partial charge is 0.329 e. The Labute approximate surface area is 162 Å². The van der Waals surface area contributed by atoms with Gasteiger partial charge in [0, 0.05) is 0 Å². The van der Waals surface area contributed by atoms with Gasteiger partial charge in [-0.05, 0) is 24.1 Å². The summed E-state index contributed by atoms with van der Waals surface area (Å²) in [4.78, 5) is 27.6. The molecule has 5 nitrogen and oxygen atoms in total. The number of hydrogen-bond acceptors (Lipinski definition) is 2. The van der Waals surface area contributed by atoms with E-state index in [1.54, 1.807) is 19.2 Å². The van der Waals surface area contributed by atoms with Crippen molar-refractivity contribution in [1.29, 1.82) is 0 Å². The van der Waals surface area contributed by atoms with Crippen molar-refractivity contribution in [2.75, 3.05) is 13.7 Å². The summed E-state index contributed by atoms with van der Waals surface area (Å²) in [7, 11) is 1.79. The summed E-state index contributed by atoms with van der Waals surface area (Å²) in [5.74, 6) is -0.688. The lowest BCUT2D eigenvalue weighted by Gasteiger charge is -2.26. The molecule has 1 aliphatic heterocycles. The van der Waals surface area contributed by atoms with Gasteiger partial charge in [0.2, 0.25) is 0 Å². The van der Waals surface area contributed by atoms with Crippen molar-refractivity contribution in [3.63, 3.8) is 0 Å². The Kier molecular flexibility index (Phi) is 5.48. The van der Waals surface area contributed by atoms with Gasteiger partial charge >= 0.3 is 6.03 Å². The first kappa shape index (κ1) is 19.3. The first-order valence-electron chi connectivity index (χ1n) is 8.83. The van der Waals surface area contributed by atoms with Gasteiger partial charge in [0.15, 0.2) is 6.67 Å². The zero-order valence-electron chi connectivity index (χ0n) is 15.3. The van der Waals surface area contributed by atoms with E-state index in [0.717, 1.165) is 10.5 Å². The van der Waals surface area contributed by atoms with Crippen LogP contribution < -0.4 is 10.2 Å². The third-order valence-corrected chi connectivity index (χ3v) is 5.30. The number of nitrogens with zero attached hydrogens (tertiary/aromatic N) is 1. The van der Waals surface area contributed by atoms with E-state index in [2.05, 4.69) is 5.32 Å². The van der Waals surface area contributed by atoms with Gasteiger partial charge in [0.1, 0.15) is 17.9 Å². The highest BCUT2D eigenvalue weighted by molar-refractivity contribution is 6.31. The summed E-state index contributed by atoms with van der Waals surface area (Å²) in [6, 6.07) is 13.3. The minimum atomic E-state index is -1.06. The first-order valence-corrected chi connectivity index (χ1v) is 9.20. The number of carbonyl (C=O) groups is 2. The molecule has 0 aromatic heterocycles. The van der Waals surface area contributed by atoms with Gasteiger partial charge in [0.05, 0.1) is 17.6 Å². The molecule has 0 saturated carbocycles. The van der Waals surface area contributed by atoms with Crippen molar-refractivity contribution < 1.29 is 18.9 Å². The van der Waals surface area contributed by atoms with Crippen LogP contribution in [0.4, 0.5) is 9.18 Å². The molecule has 3 amide bonds. The normalized spacial score (nSPS) is 20.7. The number of imide groups is 1. The molecule has 2 aromatic carbocycles. The molecule has 2 aromatic rings. The Morgan fingerprint density at radius 2 is 1.85 bits per heavy atom. The molecular formula is C20H22ClFN3O2+. The van der Waals surface area contributed by atoms with Crippen LogP contribution >= 0.6 is 11.6 Å². The number of quaternary nitrogens is 1. The zero-order valence-corrected chi connectivity index (χ0v) is 16.0. The maximum absolute atomic E-state index is 14.0. The second kappa shape index (κ2) is 7.66. The molecule has 27 heavy (non-hydrogen) atoms. The van der Waals surface area contributed by atoms with Crippen molar-refractivity contribution >= 4 is 23.5 Å². The van der Waals surface area contributed by atoms with E-state index in [1.807, 2.05) is 37.3 Å². The summed E-state index contributed by atoms with van der Waals surface area (Å²) < 4.78 is 14.0. The van der Waals surface area contributed by atoms with E-state index >= 15 is 0 Å². The van der Waals surface area contributed by atoms with Crippen LogP contribution in [-0.2, 0) is 16.9 Å². The van der Waals surface area contributed by atoms with Gasteiger partial charge in [-0.2, -0.15) is 0 Å². The predicted molar refractivity (Wildman–Crippen MR) is 101 cm³/mol. The number of carbonyl (C=O) groups excluding carboxylic acids is 2. The lowest BCUT2D eigenvalue weighted by atomic mass is 9.87. The van der Waals surface area contributed by atoms with E-state index in [4.69, 9.17) is 11.6 Å². The van der Waals surface area contributed by atoms with Gasteiger partial charge in [-0.3, -0.25) is 4.79 Å². The molecule has 3 rings (SSSR count). The molecule has 0 bridgehead atoms. The monoisotopic (exact) mass is 390 g/mol. The summed E-state index contributed by atoms with van der Waals surface area (Å²) in [6.45, 7) is 2.24. The molecular weight excluding hydrogens is 369 g/mol. The average molecular weight is 391 g/mol. The molecule has 7 heteroatoms. The Morgan fingerprint density at radius 1 is 1.15 bits per heavy atom. The van der Waals surface area contributed by atoms with Crippen LogP contribution in [0.25, 0.3) is 0 Å². The maximum Gasteiger partial charge on any atom is 0.329 e. The van der Waals surface area contributed by atoms with Crippen molar-refractivity contribution in [2.45, 2.75) is 25.4 Å². The van der Waals surface area contributed by atoms with Crippen LogP contribution in [0.5, 0.6) is 0 Å². The summed E-state index contributed by atoms with van der Waals surface area (Å²) in [5.41, 5.74) is 0.0607. The van der Waals surface area contributed by atoms with E-state index < -0.39 is 17.4 Å². The topological polar surface area (TPSA) is 53.9 Å². The number of urea groups is 1. The number of nitrogens with one attached hydrogen (secondary N) is 2. The molecule has 1 unspecified atom stereocenters. The zero-order chi connectivity index (χ0) is 19.6. The fourth-order valence-electron chi connectivity index (χ4n) is 3.46. The maximum atomic E-state index is 14.0. The van der Waals surface area contributed by atoms with E-state index in [1.165, 1.54) is 11.0 Å². The minimum absolute atomic E-state index is 0.115. The van der Waals surface area contributed by atoms with Crippen molar-refractivity contribution in [3.8, 4) is 0 Å². The van der Waals surface area contributed by atoms with Gasteiger partial charge < -0.3 is 10.2 Å². The quantitative estimate of drug-likeness (QED) is 0.744. The number of benzene rings is 2. The highest BCUT2D eigenvalue weighted by Gasteiger charge is 2.52. The highest BCUT2D eigenvalue weighted by Crippen LogP contribution is 2.31. The summed E-state index contributed by atoms with van der Waals surface area (Å²) in [5, 5.41) is 3.18. The van der Waals surface area contributed by atoms with Gasteiger partial charge in [-0.25, -0.2) is 14.1 Å². The molecule has 1 aliphatic rings. The summed E-state index contributed by atoms with van der Waals surface area (Å²) in [6.07, 6.45) is 0.441.